The summed E-state index contributed by atoms with van der Waals surface area (Å²) in [5, 5.41) is 9.65. The molecule has 1 aromatic carbocycles. The first kappa shape index (κ1) is 20.4. The lowest BCUT2D eigenvalue weighted by atomic mass is 9.84. The molecular formula is C21H26ClN3O3. The Bertz CT molecular complexity index is 805. The minimum absolute atomic E-state index is 0.317. The van der Waals surface area contributed by atoms with Crippen molar-refractivity contribution >= 4 is 23.5 Å². The number of aromatic nitrogens is 2. The van der Waals surface area contributed by atoms with Gasteiger partial charge in [0.25, 0.3) is 0 Å². The van der Waals surface area contributed by atoms with Crippen molar-refractivity contribution in [2.24, 2.45) is 11.8 Å². The van der Waals surface area contributed by atoms with Crippen LogP contribution in [0.15, 0.2) is 30.6 Å². The van der Waals surface area contributed by atoms with Gasteiger partial charge in [0.05, 0.1) is 29.6 Å². The summed E-state index contributed by atoms with van der Waals surface area (Å²) in [4.78, 5) is 21.9. The van der Waals surface area contributed by atoms with Gasteiger partial charge in [-0.15, -0.1) is 0 Å². The monoisotopic (exact) mass is 403 g/mol. The first-order valence-corrected chi connectivity index (χ1v) is 10.0. The third-order valence-electron chi connectivity index (χ3n) is 5.50. The van der Waals surface area contributed by atoms with Gasteiger partial charge >= 0.3 is 5.97 Å². The van der Waals surface area contributed by atoms with Crippen molar-refractivity contribution in [3.8, 4) is 5.75 Å². The summed E-state index contributed by atoms with van der Waals surface area (Å²) in [6.07, 6.45) is 6.47. The van der Waals surface area contributed by atoms with E-state index in [1.165, 1.54) is 0 Å². The van der Waals surface area contributed by atoms with Crippen LogP contribution in [0.25, 0.3) is 0 Å². The highest BCUT2D eigenvalue weighted by Crippen LogP contribution is 2.29. The summed E-state index contributed by atoms with van der Waals surface area (Å²) < 4.78 is 5.85. The van der Waals surface area contributed by atoms with Crippen molar-refractivity contribution in [1.29, 1.82) is 0 Å². The molecule has 2 aromatic rings. The molecule has 1 atom stereocenters. The lowest BCUT2D eigenvalue weighted by molar-refractivity contribution is 0.0696. The fraction of sp³-hybridized carbons (Fsp3) is 0.476. The molecule has 0 bridgehead atoms. The van der Waals surface area contributed by atoms with Crippen molar-refractivity contribution < 1.29 is 14.6 Å². The van der Waals surface area contributed by atoms with Gasteiger partial charge < -0.3 is 14.7 Å². The molecule has 1 fully saturated rings. The fourth-order valence-corrected chi connectivity index (χ4v) is 3.80. The Hall–Kier alpha value is -2.34. The normalized spacial score (nSPS) is 16.0. The highest BCUT2D eigenvalue weighted by Gasteiger charge is 2.25. The van der Waals surface area contributed by atoms with E-state index < -0.39 is 5.97 Å². The van der Waals surface area contributed by atoms with Crippen LogP contribution >= 0.6 is 11.6 Å². The Morgan fingerprint density at radius 2 is 2.00 bits per heavy atom. The van der Waals surface area contributed by atoms with Gasteiger partial charge in [0.15, 0.2) is 0 Å². The summed E-state index contributed by atoms with van der Waals surface area (Å²) in [6, 6.07) is 5.12. The van der Waals surface area contributed by atoms with E-state index in [-0.39, 0.29) is 0 Å². The molecule has 0 unspecified atom stereocenters. The van der Waals surface area contributed by atoms with Crippen molar-refractivity contribution in [2.75, 3.05) is 24.6 Å². The van der Waals surface area contributed by atoms with E-state index in [2.05, 4.69) is 21.8 Å². The molecule has 7 heteroatoms. The van der Waals surface area contributed by atoms with E-state index in [1.54, 1.807) is 37.5 Å². The predicted molar refractivity (Wildman–Crippen MR) is 109 cm³/mol. The van der Waals surface area contributed by atoms with Gasteiger partial charge in [-0.2, -0.15) is 0 Å². The average molecular weight is 404 g/mol. The van der Waals surface area contributed by atoms with Crippen LogP contribution in [0.3, 0.4) is 0 Å². The Morgan fingerprint density at radius 1 is 1.32 bits per heavy atom. The number of piperidine rings is 1. The van der Waals surface area contributed by atoms with Crippen molar-refractivity contribution in [3.63, 3.8) is 0 Å². The molecule has 1 N–H and O–H groups in total. The van der Waals surface area contributed by atoms with Crippen LogP contribution in [0.5, 0.6) is 5.75 Å². The third kappa shape index (κ3) is 5.13. The quantitative estimate of drug-likeness (QED) is 0.735. The second-order valence-electron chi connectivity index (χ2n) is 7.42. The molecule has 1 aliphatic heterocycles. The molecule has 0 aliphatic carbocycles. The highest BCUT2D eigenvalue weighted by atomic mass is 35.5. The second kappa shape index (κ2) is 9.24. The van der Waals surface area contributed by atoms with Gasteiger partial charge in [-0.3, -0.25) is 0 Å². The van der Waals surface area contributed by atoms with E-state index in [0.29, 0.717) is 29.0 Å². The zero-order valence-corrected chi connectivity index (χ0v) is 17.0. The van der Waals surface area contributed by atoms with E-state index in [4.69, 9.17) is 21.4 Å². The van der Waals surface area contributed by atoms with Crippen molar-refractivity contribution in [3.05, 3.63) is 46.7 Å². The molecule has 0 saturated carbocycles. The molecule has 0 radical (unpaired) electrons. The van der Waals surface area contributed by atoms with Gasteiger partial charge in [-0.1, -0.05) is 18.5 Å². The topological polar surface area (TPSA) is 75.5 Å². The number of benzene rings is 1. The van der Waals surface area contributed by atoms with Gasteiger partial charge in [0.2, 0.25) is 5.95 Å². The van der Waals surface area contributed by atoms with Crippen molar-refractivity contribution in [1.82, 2.24) is 9.97 Å². The Balaban J connectivity index is 1.43. The molecule has 6 nitrogen and oxygen atoms in total. The minimum atomic E-state index is -0.909. The molecule has 1 aromatic heterocycles. The summed E-state index contributed by atoms with van der Waals surface area (Å²) in [6.45, 7) is 6.60. The zero-order chi connectivity index (χ0) is 20.1. The van der Waals surface area contributed by atoms with Crippen molar-refractivity contribution in [2.45, 2.75) is 33.1 Å². The molecule has 3 rings (SSSR count). The standard InChI is InChI=1S/C21H26ClN3O3/c1-14(7-10-28-18-3-4-19(20(26)27)15(2)11-18)16-5-8-25(9-6-16)21-23-12-17(22)13-24-21/h3-4,11-14,16H,5-10H2,1-2H3,(H,26,27)/t14-/m1/s1. The van der Waals surface area contributed by atoms with Gasteiger partial charge in [-0.25, -0.2) is 14.8 Å². The maximum Gasteiger partial charge on any atom is 0.335 e. The summed E-state index contributed by atoms with van der Waals surface area (Å²) >= 11 is 5.86. The SMILES string of the molecule is Cc1cc(OCC[C@@H](C)C2CCN(c3ncc(Cl)cn3)CC2)ccc1C(=O)O. The number of aromatic carboxylic acids is 1. The summed E-state index contributed by atoms with van der Waals surface area (Å²) in [5.74, 6) is 1.78. The first-order valence-electron chi connectivity index (χ1n) is 9.63. The summed E-state index contributed by atoms with van der Waals surface area (Å²) in [5.41, 5.74) is 1.03. The number of anilines is 1. The predicted octanol–water partition coefficient (Wildman–Crippen LogP) is 4.46. The summed E-state index contributed by atoms with van der Waals surface area (Å²) in [7, 11) is 0. The number of hydrogen-bond acceptors (Lipinski definition) is 5. The molecule has 28 heavy (non-hydrogen) atoms. The number of nitrogens with zero attached hydrogens (tertiary/aromatic N) is 3. The van der Waals surface area contributed by atoms with Crippen LogP contribution in [0.2, 0.25) is 5.02 Å². The number of carboxylic acids is 1. The Labute approximate surface area is 170 Å². The van der Waals surface area contributed by atoms with Gasteiger partial charge in [-0.05, 0) is 61.8 Å². The van der Waals surface area contributed by atoms with Crippen LogP contribution in [-0.2, 0) is 0 Å². The molecular weight excluding hydrogens is 378 g/mol. The number of carboxylic acid groups (broad SMARTS) is 1. The molecule has 1 saturated heterocycles. The lowest BCUT2D eigenvalue weighted by Crippen LogP contribution is -2.36. The first-order chi connectivity index (χ1) is 13.4. The lowest BCUT2D eigenvalue weighted by Gasteiger charge is -2.34. The minimum Gasteiger partial charge on any atom is -0.494 e. The van der Waals surface area contributed by atoms with Crippen LogP contribution in [0.1, 0.15) is 42.1 Å². The average Bonchev–Trinajstić information content (AvgIpc) is 2.68. The maximum atomic E-state index is 11.1. The number of hydrogen-bond donors (Lipinski definition) is 1. The molecule has 1 aliphatic rings. The third-order valence-corrected chi connectivity index (χ3v) is 5.70. The van der Waals surface area contributed by atoms with E-state index >= 15 is 0 Å². The highest BCUT2D eigenvalue weighted by molar-refractivity contribution is 6.30. The number of aryl methyl sites for hydroxylation is 1. The van der Waals surface area contributed by atoms with E-state index in [9.17, 15) is 4.79 Å². The number of halogens is 1. The molecule has 150 valence electrons. The number of rotatable bonds is 7. The van der Waals surface area contributed by atoms with Gasteiger partial charge in [0.1, 0.15) is 5.75 Å². The fourth-order valence-electron chi connectivity index (χ4n) is 3.70. The molecule has 0 amide bonds. The number of ether oxygens (including phenoxy) is 1. The smallest absolute Gasteiger partial charge is 0.335 e. The van der Waals surface area contributed by atoms with E-state index in [1.807, 2.05) is 0 Å². The zero-order valence-electron chi connectivity index (χ0n) is 16.3. The van der Waals surface area contributed by atoms with Crippen LogP contribution in [0, 0.1) is 18.8 Å². The molecule has 0 spiro atoms. The Morgan fingerprint density at radius 3 is 2.61 bits per heavy atom. The van der Waals surface area contributed by atoms with Crippen LogP contribution < -0.4 is 9.64 Å². The van der Waals surface area contributed by atoms with Crippen LogP contribution in [-0.4, -0.2) is 40.7 Å². The number of carbonyl (C=O) groups is 1. The molecule has 2 heterocycles. The van der Waals surface area contributed by atoms with Gasteiger partial charge in [0, 0.05) is 13.1 Å². The largest absolute Gasteiger partial charge is 0.494 e. The second-order valence-corrected chi connectivity index (χ2v) is 7.86. The maximum absolute atomic E-state index is 11.1. The van der Waals surface area contributed by atoms with E-state index in [0.717, 1.165) is 49.6 Å². The Kier molecular flexibility index (Phi) is 6.73. The van der Waals surface area contributed by atoms with Crippen LogP contribution in [0.4, 0.5) is 5.95 Å².